The number of aromatic nitrogens is 3. The Morgan fingerprint density at radius 2 is 1.89 bits per heavy atom. The summed E-state index contributed by atoms with van der Waals surface area (Å²) >= 11 is 3.40. The van der Waals surface area contributed by atoms with E-state index in [4.69, 9.17) is 9.97 Å². The number of nitrogens with zero attached hydrogens (tertiary/aromatic N) is 5. The molecule has 0 unspecified atom stereocenters. The molecule has 186 valence electrons. The number of fused-ring (bicyclic) bond motifs is 2. The van der Waals surface area contributed by atoms with Gasteiger partial charge in [-0.25, -0.2) is 9.97 Å². The summed E-state index contributed by atoms with van der Waals surface area (Å²) < 4.78 is 2.34. The van der Waals surface area contributed by atoms with E-state index in [0.29, 0.717) is 17.5 Å². The van der Waals surface area contributed by atoms with Gasteiger partial charge in [-0.15, -0.1) is 11.3 Å². The topological polar surface area (TPSA) is 54.3 Å². The molecule has 0 bridgehead atoms. The number of hydrogen-bond acceptors (Lipinski definition) is 6. The van der Waals surface area contributed by atoms with Crippen LogP contribution in [-0.2, 0) is 6.54 Å². The first kappa shape index (κ1) is 23.7. The highest BCUT2D eigenvalue weighted by molar-refractivity contribution is 7.99. The molecule has 2 aromatic heterocycles. The summed E-state index contributed by atoms with van der Waals surface area (Å²) in [4.78, 5) is 28.8. The minimum absolute atomic E-state index is 0.0807. The van der Waals surface area contributed by atoms with Crippen LogP contribution in [0.5, 0.6) is 0 Å². The maximum absolute atomic E-state index is 13.9. The molecule has 2 aliphatic rings. The van der Waals surface area contributed by atoms with E-state index in [1.165, 1.54) is 11.9 Å². The van der Waals surface area contributed by atoms with Crippen LogP contribution in [0.15, 0.2) is 59.8 Å². The lowest BCUT2D eigenvalue weighted by atomic mass is 10.1. The third-order valence-corrected chi connectivity index (χ3v) is 9.41. The average Bonchev–Trinajstić information content (AvgIpc) is 3.21. The van der Waals surface area contributed by atoms with Crippen molar-refractivity contribution in [3.8, 4) is 10.4 Å². The first-order chi connectivity index (χ1) is 17.5. The third-order valence-electron chi connectivity index (χ3n) is 7.31. The SMILES string of the molecule is Cc1nc(C(=O)N2C[C@H]3C[C@H]3[C@H]2CSc2nc3ccccc3n2CCN(C)C)c(-c2ccccc2)s1. The van der Waals surface area contributed by atoms with Gasteiger partial charge in [-0.3, -0.25) is 4.79 Å². The Balaban J connectivity index is 1.25. The third kappa shape index (κ3) is 4.46. The van der Waals surface area contributed by atoms with E-state index < -0.39 is 0 Å². The molecule has 1 aliphatic carbocycles. The molecule has 1 saturated carbocycles. The van der Waals surface area contributed by atoms with Gasteiger partial charge in [-0.1, -0.05) is 54.2 Å². The van der Waals surface area contributed by atoms with Gasteiger partial charge in [0, 0.05) is 31.4 Å². The van der Waals surface area contributed by atoms with Crippen LogP contribution in [0.25, 0.3) is 21.5 Å². The van der Waals surface area contributed by atoms with Gasteiger partial charge in [-0.05, 0) is 57.0 Å². The second-order valence-electron chi connectivity index (χ2n) is 10.1. The van der Waals surface area contributed by atoms with Gasteiger partial charge in [0.2, 0.25) is 0 Å². The van der Waals surface area contributed by atoms with Crippen molar-refractivity contribution in [1.82, 2.24) is 24.3 Å². The quantitative estimate of drug-likeness (QED) is 0.298. The number of benzene rings is 2. The number of thioether (sulfide) groups is 1. The number of carbonyl (C=O) groups is 1. The van der Waals surface area contributed by atoms with Gasteiger partial charge in [0.1, 0.15) is 5.69 Å². The summed E-state index contributed by atoms with van der Waals surface area (Å²) in [7, 11) is 4.20. The van der Waals surface area contributed by atoms with Crippen LogP contribution in [-0.4, -0.2) is 69.2 Å². The van der Waals surface area contributed by atoms with Gasteiger partial charge in [0.05, 0.1) is 20.9 Å². The maximum atomic E-state index is 13.9. The van der Waals surface area contributed by atoms with Crippen molar-refractivity contribution < 1.29 is 4.79 Å². The molecule has 2 aromatic carbocycles. The van der Waals surface area contributed by atoms with Crippen LogP contribution in [0.2, 0.25) is 0 Å². The Labute approximate surface area is 220 Å². The van der Waals surface area contributed by atoms with E-state index in [9.17, 15) is 4.79 Å². The Kier molecular flexibility index (Phi) is 6.35. The Morgan fingerprint density at radius 1 is 1.11 bits per heavy atom. The lowest BCUT2D eigenvalue weighted by Crippen LogP contribution is -2.40. The standard InChI is InChI=1S/C28H31N5OS2/c1-18-29-25(26(36-18)19-9-5-4-6-10-19)27(34)33-16-20-15-21(20)24(33)17-35-28-30-22-11-7-8-12-23(22)32(28)14-13-31(2)3/h4-12,20-21,24H,13-17H2,1-3H3/t20-,21-,24-/m1/s1. The lowest BCUT2D eigenvalue weighted by Gasteiger charge is -2.27. The second-order valence-corrected chi connectivity index (χ2v) is 12.3. The van der Waals surface area contributed by atoms with Crippen molar-refractivity contribution in [1.29, 1.82) is 0 Å². The van der Waals surface area contributed by atoms with Crippen molar-refractivity contribution in [2.24, 2.45) is 11.8 Å². The van der Waals surface area contributed by atoms with Crippen molar-refractivity contribution in [2.75, 3.05) is 32.9 Å². The minimum Gasteiger partial charge on any atom is -0.333 e. The van der Waals surface area contributed by atoms with Crippen LogP contribution in [0, 0.1) is 18.8 Å². The molecule has 0 N–H and O–H groups in total. The zero-order valence-electron chi connectivity index (χ0n) is 20.9. The van der Waals surface area contributed by atoms with Crippen molar-refractivity contribution in [2.45, 2.75) is 31.1 Å². The molecular formula is C28H31N5OS2. The number of carbonyl (C=O) groups excluding carboxylic acids is 1. The number of thiazole rings is 1. The second kappa shape index (κ2) is 9.65. The molecule has 0 spiro atoms. The van der Waals surface area contributed by atoms with E-state index >= 15 is 0 Å². The summed E-state index contributed by atoms with van der Waals surface area (Å²) in [5.41, 5.74) is 3.89. The van der Waals surface area contributed by atoms with E-state index in [1.54, 1.807) is 23.1 Å². The molecule has 0 radical (unpaired) electrons. The first-order valence-corrected chi connectivity index (χ1v) is 14.4. The van der Waals surface area contributed by atoms with E-state index in [2.05, 4.69) is 58.8 Å². The Morgan fingerprint density at radius 3 is 2.69 bits per heavy atom. The van der Waals surface area contributed by atoms with E-state index in [-0.39, 0.29) is 11.9 Å². The monoisotopic (exact) mass is 517 g/mol. The Bertz CT molecular complexity index is 1400. The number of aryl methyl sites for hydroxylation is 1. The van der Waals surface area contributed by atoms with Crippen LogP contribution in [0.3, 0.4) is 0 Å². The molecule has 3 heterocycles. The molecule has 2 fully saturated rings. The summed E-state index contributed by atoms with van der Waals surface area (Å²) in [6.45, 7) is 4.68. The smallest absolute Gasteiger partial charge is 0.274 e. The van der Waals surface area contributed by atoms with Gasteiger partial charge >= 0.3 is 0 Å². The molecule has 8 heteroatoms. The summed E-state index contributed by atoms with van der Waals surface area (Å²) in [5, 5.41) is 1.98. The van der Waals surface area contributed by atoms with Gasteiger partial charge in [-0.2, -0.15) is 0 Å². The average molecular weight is 518 g/mol. The number of likely N-dealkylation sites (tertiary alicyclic amines) is 1. The lowest BCUT2D eigenvalue weighted by molar-refractivity contribution is 0.0718. The highest BCUT2D eigenvalue weighted by Crippen LogP contribution is 2.51. The molecule has 1 amide bonds. The normalized spacial score (nSPS) is 20.9. The van der Waals surface area contributed by atoms with Crippen LogP contribution < -0.4 is 0 Å². The molecule has 36 heavy (non-hydrogen) atoms. The predicted molar refractivity (Wildman–Crippen MR) is 148 cm³/mol. The molecule has 6 rings (SSSR count). The van der Waals surface area contributed by atoms with Crippen LogP contribution >= 0.6 is 23.1 Å². The van der Waals surface area contributed by atoms with E-state index in [1.807, 2.05) is 31.2 Å². The fourth-order valence-electron chi connectivity index (χ4n) is 5.35. The molecule has 4 aromatic rings. The summed E-state index contributed by atoms with van der Waals surface area (Å²) in [6.07, 6.45) is 1.23. The van der Waals surface area contributed by atoms with Crippen LogP contribution in [0.1, 0.15) is 21.9 Å². The zero-order valence-corrected chi connectivity index (χ0v) is 22.6. The molecule has 3 atom stereocenters. The number of rotatable bonds is 8. The minimum atomic E-state index is 0.0807. The first-order valence-electron chi connectivity index (χ1n) is 12.6. The number of hydrogen-bond donors (Lipinski definition) is 0. The summed E-state index contributed by atoms with van der Waals surface area (Å²) in [5.74, 6) is 2.17. The number of para-hydroxylation sites is 2. The fraction of sp³-hybridized carbons (Fsp3) is 0.393. The van der Waals surface area contributed by atoms with Crippen molar-refractivity contribution >= 4 is 40.0 Å². The maximum Gasteiger partial charge on any atom is 0.274 e. The predicted octanol–water partition coefficient (Wildman–Crippen LogP) is 5.28. The number of piperidine rings is 1. The van der Waals surface area contributed by atoms with Crippen molar-refractivity contribution in [3.63, 3.8) is 0 Å². The zero-order chi connectivity index (χ0) is 24.8. The number of likely N-dealkylation sites (N-methyl/N-ethyl adjacent to an activating group) is 1. The molecule has 1 saturated heterocycles. The van der Waals surface area contributed by atoms with Crippen molar-refractivity contribution in [3.05, 3.63) is 65.3 Å². The fourth-order valence-corrected chi connectivity index (χ4v) is 7.52. The van der Waals surface area contributed by atoms with Gasteiger partial charge < -0.3 is 14.4 Å². The highest BCUT2D eigenvalue weighted by atomic mass is 32.2. The largest absolute Gasteiger partial charge is 0.333 e. The Hall–Kier alpha value is -2.68. The number of imidazole rings is 1. The van der Waals surface area contributed by atoms with E-state index in [0.717, 1.165) is 51.5 Å². The van der Waals surface area contributed by atoms with Crippen LogP contribution in [0.4, 0.5) is 0 Å². The molecule has 1 aliphatic heterocycles. The molecule has 6 nitrogen and oxygen atoms in total. The summed E-state index contributed by atoms with van der Waals surface area (Å²) in [6, 6.07) is 18.8. The number of amides is 1. The van der Waals surface area contributed by atoms with Gasteiger partial charge in [0.25, 0.3) is 5.91 Å². The van der Waals surface area contributed by atoms with Gasteiger partial charge in [0.15, 0.2) is 5.16 Å². The highest BCUT2D eigenvalue weighted by Gasteiger charge is 2.54. The molecular weight excluding hydrogens is 486 g/mol.